The summed E-state index contributed by atoms with van der Waals surface area (Å²) < 4.78 is 12.9. The van der Waals surface area contributed by atoms with E-state index in [1.807, 2.05) is 0 Å². The molecule has 1 amide bonds. The van der Waals surface area contributed by atoms with Crippen LogP contribution in [0.5, 0.6) is 0 Å². The van der Waals surface area contributed by atoms with Crippen molar-refractivity contribution in [2.45, 2.75) is 19.9 Å². The van der Waals surface area contributed by atoms with Gasteiger partial charge in [0.25, 0.3) is 0 Å². The summed E-state index contributed by atoms with van der Waals surface area (Å²) in [4.78, 5) is 22.6. The molecule has 98 valence electrons. The van der Waals surface area contributed by atoms with Crippen molar-refractivity contribution in [2.24, 2.45) is 11.7 Å². The van der Waals surface area contributed by atoms with Gasteiger partial charge in [0.05, 0.1) is 17.3 Å². The lowest BCUT2D eigenvalue weighted by Gasteiger charge is -2.16. The molecular weight excluding hydrogens is 239 g/mol. The summed E-state index contributed by atoms with van der Waals surface area (Å²) in [5, 5.41) is 11.3. The van der Waals surface area contributed by atoms with Gasteiger partial charge in [-0.3, -0.25) is 4.79 Å². The van der Waals surface area contributed by atoms with Gasteiger partial charge in [0.1, 0.15) is 5.82 Å². The fourth-order valence-corrected chi connectivity index (χ4v) is 1.32. The zero-order chi connectivity index (χ0) is 13.9. The molecule has 0 heterocycles. The quantitative estimate of drug-likeness (QED) is 0.758. The van der Waals surface area contributed by atoms with Crippen LogP contribution < -0.4 is 11.1 Å². The van der Waals surface area contributed by atoms with Gasteiger partial charge >= 0.3 is 5.97 Å². The maximum absolute atomic E-state index is 12.9. The molecule has 4 N–H and O–H groups in total. The molecule has 1 aromatic rings. The fraction of sp³-hybridized carbons (Fsp3) is 0.333. The smallest absolute Gasteiger partial charge is 0.337 e. The highest BCUT2D eigenvalue weighted by atomic mass is 19.1. The highest BCUT2D eigenvalue weighted by molar-refractivity contribution is 6.02. The van der Waals surface area contributed by atoms with Crippen molar-refractivity contribution < 1.29 is 19.1 Å². The van der Waals surface area contributed by atoms with Crippen LogP contribution in [0.1, 0.15) is 24.2 Å². The van der Waals surface area contributed by atoms with Crippen LogP contribution in [-0.2, 0) is 4.79 Å². The molecule has 1 rings (SSSR count). The first-order chi connectivity index (χ1) is 8.32. The molecule has 0 aromatic heterocycles. The summed E-state index contributed by atoms with van der Waals surface area (Å²) >= 11 is 0. The Kier molecular flexibility index (Phi) is 4.38. The number of carboxylic acid groups (broad SMARTS) is 1. The topological polar surface area (TPSA) is 92.4 Å². The molecular formula is C12H15FN2O3. The Morgan fingerprint density at radius 1 is 1.39 bits per heavy atom. The lowest BCUT2D eigenvalue weighted by molar-refractivity contribution is -0.118. The number of carbonyl (C=O) groups is 2. The number of carbonyl (C=O) groups excluding carboxylic acids is 1. The van der Waals surface area contributed by atoms with Gasteiger partial charge < -0.3 is 16.2 Å². The molecule has 5 nitrogen and oxygen atoms in total. The van der Waals surface area contributed by atoms with Crippen LogP contribution in [0, 0.1) is 11.7 Å². The maximum atomic E-state index is 12.9. The largest absolute Gasteiger partial charge is 0.478 e. The standard InChI is InChI=1S/C12H15FN2O3/c1-6(2)10(14)11(16)15-9-4-3-7(13)5-8(9)12(17)18/h3-6,10H,14H2,1-2H3,(H,15,16)(H,17,18)/t10-/m1/s1. The second kappa shape index (κ2) is 5.59. The lowest BCUT2D eigenvalue weighted by Crippen LogP contribution is -2.40. The molecule has 0 unspecified atom stereocenters. The highest BCUT2D eigenvalue weighted by Crippen LogP contribution is 2.17. The fourth-order valence-electron chi connectivity index (χ4n) is 1.32. The van der Waals surface area contributed by atoms with Crippen molar-refractivity contribution in [2.75, 3.05) is 5.32 Å². The number of anilines is 1. The number of aromatic carboxylic acids is 1. The minimum atomic E-state index is -1.32. The predicted molar refractivity (Wildman–Crippen MR) is 64.8 cm³/mol. The van der Waals surface area contributed by atoms with Gasteiger partial charge in [0.2, 0.25) is 5.91 Å². The summed E-state index contributed by atoms with van der Waals surface area (Å²) in [6.07, 6.45) is 0. The van der Waals surface area contributed by atoms with E-state index in [4.69, 9.17) is 10.8 Å². The number of carboxylic acids is 1. The summed E-state index contributed by atoms with van der Waals surface area (Å²) in [7, 11) is 0. The van der Waals surface area contributed by atoms with E-state index in [1.165, 1.54) is 6.07 Å². The molecule has 6 heteroatoms. The Hall–Kier alpha value is -1.95. The van der Waals surface area contributed by atoms with Gasteiger partial charge in [0.15, 0.2) is 0 Å². The first-order valence-electron chi connectivity index (χ1n) is 5.42. The molecule has 0 bridgehead atoms. The van der Waals surface area contributed by atoms with E-state index in [1.54, 1.807) is 13.8 Å². The Morgan fingerprint density at radius 2 is 2.00 bits per heavy atom. The van der Waals surface area contributed by atoms with Crippen molar-refractivity contribution >= 4 is 17.6 Å². The normalized spacial score (nSPS) is 12.3. The molecule has 0 aliphatic carbocycles. The van der Waals surface area contributed by atoms with Crippen LogP contribution in [0.4, 0.5) is 10.1 Å². The Labute approximate surface area is 104 Å². The average Bonchev–Trinajstić information content (AvgIpc) is 2.29. The molecule has 1 aromatic carbocycles. The van der Waals surface area contributed by atoms with Gasteiger partial charge in [-0.2, -0.15) is 0 Å². The molecule has 0 fully saturated rings. The van der Waals surface area contributed by atoms with E-state index >= 15 is 0 Å². The molecule has 18 heavy (non-hydrogen) atoms. The van der Waals surface area contributed by atoms with Crippen LogP contribution >= 0.6 is 0 Å². The number of nitrogens with one attached hydrogen (secondary N) is 1. The minimum absolute atomic E-state index is 0.0324. The number of nitrogens with two attached hydrogens (primary N) is 1. The number of halogens is 1. The molecule has 0 radical (unpaired) electrons. The summed E-state index contributed by atoms with van der Waals surface area (Å²) in [6, 6.07) is 2.36. The predicted octanol–water partition coefficient (Wildman–Crippen LogP) is 1.45. The van der Waals surface area contributed by atoms with Crippen LogP contribution in [0.25, 0.3) is 0 Å². The van der Waals surface area contributed by atoms with Crippen LogP contribution in [0.3, 0.4) is 0 Å². The number of benzene rings is 1. The van der Waals surface area contributed by atoms with Crippen molar-refractivity contribution in [3.05, 3.63) is 29.6 Å². The van der Waals surface area contributed by atoms with E-state index in [0.29, 0.717) is 0 Å². The van der Waals surface area contributed by atoms with Crippen molar-refractivity contribution in [1.29, 1.82) is 0 Å². The number of hydrogen-bond acceptors (Lipinski definition) is 3. The first kappa shape index (κ1) is 14.1. The SMILES string of the molecule is CC(C)[C@@H](N)C(=O)Nc1ccc(F)cc1C(=O)O. The van der Waals surface area contributed by atoms with E-state index in [9.17, 15) is 14.0 Å². The lowest BCUT2D eigenvalue weighted by atomic mass is 10.0. The van der Waals surface area contributed by atoms with Crippen molar-refractivity contribution in [3.8, 4) is 0 Å². The van der Waals surface area contributed by atoms with E-state index in [2.05, 4.69) is 5.32 Å². The van der Waals surface area contributed by atoms with Gasteiger partial charge in [-0.15, -0.1) is 0 Å². The summed E-state index contributed by atoms with van der Waals surface area (Å²) in [5.74, 6) is -2.58. The Bertz CT molecular complexity index is 474. The van der Waals surface area contributed by atoms with Gasteiger partial charge in [-0.1, -0.05) is 13.8 Å². The molecule has 1 atom stereocenters. The third-order valence-electron chi connectivity index (χ3n) is 2.49. The van der Waals surface area contributed by atoms with Gasteiger partial charge in [-0.05, 0) is 24.1 Å². The average molecular weight is 254 g/mol. The number of rotatable bonds is 4. The third-order valence-corrected chi connectivity index (χ3v) is 2.49. The zero-order valence-corrected chi connectivity index (χ0v) is 10.1. The van der Waals surface area contributed by atoms with E-state index in [-0.39, 0.29) is 17.2 Å². The molecule has 0 saturated carbocycles. The number of hydrogen-bond donors (Lipinski definition) is 3. The second-order valence-corrected chi connectivity index (χ2v) is 4.25. The first-order valence-corrected chi connectivity index (χ1v) is 5.42. The summed E-state index contributed by atoms with van der Waals surface area (Å²) in [5.41, 5.74) is 5.36. The summed E-state index contributed by atoms with van der Waals surface area (Å²) in [6.45, 7) is 3.54. The van der Waals surface area contributed by atoms with Crippen molar-refractivity contribution in [1.82, 2.24) is 0 Å². The van der Waals surface area contributed by atoms with E-state index in [0.717, 1.165) is 12.1 Å². The second-order valence-electron chi connectivity index (χ2n) is 4.25. The highest BCUT2D eigenvalue weighted by Gasteiger charge is 2.20. The van der Waals surface area contributed by atoms with Gasteiger partial charge in [0, 0.05) is 0 Å². The molecule has 0 aliphatic rings. The number of amides is 1. The van der Waals surface area contributed by atoms with Crippen LogP contribution in [0.2, 0.25) is 0 Å². The molecule has 0 aliphatic heterocycles. The Morgan fingerprint density at radius 3 is 2.50 bits per heavy atom. The van der Waals surface area contributed by atoms with Crippen molar-refractivity contribution in [3.63, 3.8) is 0 Å². The van der Waals surface area contributed by atoms with Crippen LogP contribution in [0.15, 0.2) is 18.2 Å². The monoisotopic (exact) mass is 254 g/mol. The minimum Gasteiger partial charge on any atom is -0.478 e. The molecule has 0 saturated heterocycles. The zero-order valence-electron chi connectivity index (χ0n) is 10.1. The molecule has 0 spiro atoms. The third kappa shape index (κ3) is 3.27. The van der Waals surface area contributed by atoms with Gasteiger partial charge in [-0.25, -0.2) is 9.18 Å². The maximum Gasteiger partial charge on any atom is 0.337 e. The van der Waals surface area contributed by atoms with Crippen LogP contribution in [-0.4, -0.2) is 23.0 Å². The Balaban J connectivity index is 2.98. The van der Waals surface area contributed by atoms with E-state index < -0.39 is 23.7 Å².